The lowest BCUT2D eigenvalue weighted by atomic mass is 10.1. The Morgan fingerprint density at radius 1 is 0.912 bits per heavy atom. The second-order valence-electron chi connectivity index (χ2n) is 8.61. The summed E-state index contributed by atoms with van der Waals surface area (Å²) in [7, 11) is -3.46. The van der Waals surface area contributed by atoms with Crippen LogP contribution in [-0.4, -0.2) is 49.7 Å². The fraction of sp³-hybridized carbons (Fsp3) is 0.269. The molecule has 0 aromatic heterocycles. The third-order valence-corrected chi connectivity index (χ3v) is 8.83. The highest BCUT2D eigenvalue weighted by molar-refractivity contribution is 9.10. The molecule has 1 fully saturated rings. The van der Waals surface area contributed by atoms with E-state index in [0.29, 0.717) is 43.2 Å². The molecule has 0 atom stereocenters. The van der Waals surface area contributed by atoms with Gasteiger partial charge in [-0.15, -0.1) is 0 Å². The maximum absolute atomic E-state index is 12.9. The van der Waals surface area contributed by atoms with Gasteiger partial charge >= 0.3 is 0 Å². The monoisotopic (exact) mass is 541 g/mol. The standard InChI is InChI=1S/C26H28BrN3O3S/c1-19-3-10-24(11-4-19)34(32,33)30-15-13-29(14-16-30)18-21-5-7-22(8-6-21)26(31)28-23-9-12-25(27)20(2)17-23/h3-12,17H,13-16,18H2,1-2H3,(H,28,31). The second-order valence-corrected chi connectivity index (χ2v) is 11.4. The predicted molar refractivity (Wildman–Crippen MR) is 138 cm³/mol. The average Bonchev–Trinajstić information content (AvgIpc) is 2.82. The summed E-state index contributed by atoms with van der Waals surface area (Å²) in [6.07, 6.45) is 0. The second kappa shape index (κ2) is 10.4. The van der Waals surface area contributed by atoms with E-state index in [1.54, 1.807) is 16.4 Å². The fourth-order valence-electron chi connectivity index (χ4n) is 3.93. The van der Waals surface area contributed by atoms with Crippen molar-refractivity contribution in [3.63, 3.8) is 0 Å². The first kappa shape index (κ1) is 24.6. The van der Waals surface area contributed by atoms with E-state index in [2.05, 4.69) is 26.1 Å². The molecule has 34 heavy (non-hydrogen) atoms. The lowest BCUT2D eigenvalue weighted by Gasteiger charge is -2.34. The molecule has 0 unspecified atom stereocenters. The average molecular weight is 542 g/mol. The number of aryl methyl sites for hydroxylation is 2. The molecule has 3 aromatic carbocycles. The molecule has 1 heterocycles. The summed E-state index contributed by atoms with van der Waals surface area (Å²) in [5.41, 5.74) is 4.54. The maximum Gasteiger partial charge on any atom is 0.255 e. The molecule has 1 amide bonds. The molecule has 0 saturated carbocycles. The molecule has 1 saturated heterocycles. The lowest BCUT2D eigenvalue weighted by molar-refractivity contribution is 0.102. The first-order valence-corrected chi connectivity index (χ1v) is 13.4. The van der Waals surface area contributed by atoms with E-state index in [1.807, 2.05) is 68.4 Å². The third-order valence-electron chi connectivity index (χ3n) is 6.03. The molecule has 0 bridgehead atoms. The number of halogens is 1. The van der Waals surface area contributed by atoms with Crippen LogP contribution in [0.1, 0.15) is 27.0 Å². The summed E-state index contributed by atoms with van der Waals surface area (Å²) in [5, 5.41) is 2.93. The van der Waals surface area contributed by atoms with Crippen LogP contribution in [0.15, 0.2) is 76.1 Å². The van der Waals surface area contributed by atoms with Crippen molar-refractivity contribution in [1.82, 2.24) is 9.21 Å². The molecule has 1 aliphatic rings. The summed E-state index contributed by atoms with van der Waals surface area (Å²) in [6.45, 7) is 6.88. The van der Waals surface area contributed by atoms with Crippen LogP contribution in [0.25, 0.3) is 0 Å². The molecule has 0 spiro atoms. The van der Waals surface area contributed by atoms with Gasteiger partial charge in [-0.2, -0.15) is 4.31 Å². The van der Waals surface area contributed by atoms with Crippen molar-refractivity contribution in [3.8, 4) is 0 Å². The van der Waals surface area contributed by atoms with E-state index >= 15 is 0 Å². The van der Waals surface area contributed by atoms with Gasteiger partial charge in [0.25, 0.3) is 5.91 Å². The van der Waals surface area contributed by atoms with Gasteiger partial charge in [-0.25, -0.2) is 8.42 Å². The van der Waals surface area contributed by atoms with Crippen molar-refractivity contribution >= 4 is 37.5 Å². The third kappa shape index (κ3) is 5.75. The van der Waals surface area contributed by atoms with Crippen molar-refractivity contribution in [2.75, 3.05) is 31.5 Å². The van der Waals surface area contributed by atoms with Crippen LogP contribution >= 0.6 is 15.9 Å². The molecule has 1 N–H and O–H groups in total. The van der Waals surface area contributed by atoms with E-state index < -0.39 is 10.0 Å². The summed E-state index contributed by atoms with van der Waals surface area (Å²) in [5.74, 6) is -0.150. The fourth-order valence-corrected chi connectivity index (χ4v) is 5.60. The van der Waals surface area contributed by atoms with Gasteiger partial charge in [-0.3, -0.25) is 9.69 Å². The van der Waals surface area contributed by atoms with Gasteiger partial charge in [0.05, 0.1) is 4.90 Å². The Morgan fingerprint density at radius 2 is 1.56 bits per heavy atom. The summed E-state index contributed by atoms with van der Waals surface area (Å²) >= 11 is 3.47. The summed E-state index contributed by atoms with van der Waals surface area (Å²) in [6, 6.07) is 20.3. The van der Waals surface area contributed by atoms with Crippen LogP contribution in [0.3, 0.4) is 0 Å². The zero-order valence-electron chi connectivity index (χ0n) is 19.3. The van der Waals surface area contributed by atoms with Crippen molar-refractivity contribution < 1.29 is 13.2 Å². The van der Waals surface area contributed by atoms with Gasteiger partial charge in [0.15, 0.2) is 0 Å². The van der Waals surface area contributed by atoms with Crippen LogP contribution in [0.4, 0.5) is 5.69 Å². The molecular weight excluding hydrogens is 514 g/mol. The number of amides is 1. The number of nitrogens with one attached hydrogen (secondary N) is 1. The van der Waals surface area contributed by atoms with E-state index in [9.17, 15) is 13.2 Å². The number of anilines is 1. The predicted octanol–water partition coefficient (Wildman–Crippen LogP) is 4.82. The SMILES string of the molecule is Cc1ccc(S(=O)(=O)N2CCN(Cc3ccc(C(=O)Nc4ccc(Br)c(C)c4)cc3)CC2)cc1. The van der Waals surface area contributed by atoms with Crippen molar-refractivity contribution in [2.24, 2.45) is 0 Å². The zero-order valence-corrected chi connectivity index (χ0v) is 21.7. The van der Waals surface area contributed by atoms with Crippen molar-refractivity contribution in [2.45, 2.75) is 25.3 Å². The Labute approximate surface area is 209 Å². The van der Waals surface area contributed by atoms with Gasteiger partial charge < -0.3 is 5.32 Å². The number of carbonyl (C=O) groups is 1. The van der Waals surface area contributed by atoms with Crippen LogP contribution in [-0.2, 0) is 16.6 Å². The number of sulfonamides is 1. The summed E-state index contributed by atoms with van der Waals surface area (Å²) in [4.78, 5) is 15.2. The van der Waals surface area contributed by atoms with Crippen LogP contribution in [0, 0.1) is 13.8 Å². The minimum atomic E-state index is -3.46. The quantitative estimate of drug-likeness (QED) is 0.485. The van der Waals surface area contributed by atoms with Crippen LogP contribution in [0.5, 0.6) is 0 Å². The lowest BCUT2D eigenvalue weighted by Crippen LogP contribution is -2.48. The largest absolute Gasteiger partial charge is 0.322 e. The normalized spacial score (nSPS) is 15.3. The van der Waals surface area contributed by atoms with E-state index in [4.69, 9.17) is 0 Å². The molecule has 0 radical (unpaired) electrons. The molecule has 8 heteroatoms. The van der Waals surface area contributed by atoms with E-state index in [0.717, 1.165) is 26.9 Å². The number of hydrogen-bond donors (Lipinski definition) is 1. The van der Waals surface area contributed by atoms with Crippen LogP contribution in [0.2, 0.25) is 0 Å². The van der Waals surface area contributed by atoms with Crippen molar-refractivity contribution in [3.05, 3.63) is 93.5 Å². The Morgan fingerprint density at radius 3 is 2.18 bits per heavy atom. The molecule has 178 valence electrons. The number of hydrogen-bond acceptors (Lipinski definition) is 4. The molecular formula is C26H28BrN3O3S. The molecule has 1 aliphatic heterocycles. The van der Waals surface area contributed by atoms with Gasteiger partial charge in [0.1, 0.15) is 0 Å². The number of nitrogens with zero attached hydrogens (tertiary/aromatic N) is 2. The van der Waals surface area contributed by atoms with Gasteiger partial charge in [-0.05, 0) is 67.4 Å². The zero-order chi connectivity index (χ0) is 24.3. The first-order chi connectivity index (χ1) is 16.2. The molecule has 0 aliphatic carbocycles. The molecule has 3 aromatic rings. The highest BCUT2D eigenvalue weighted by atomic mass is 79.9. The van der Waals surface area contributed by atoms with Crippen molar-refractivity contribution in [1.29, 1.82) is 0 Å². The Hall–Kier alpha value is -2.52. The highest BCUT2D eigenvalue weighted by Crippen LogP contribution is 2.21. The Kier molecular flexibility index (Phi) is 7.52. The minimum Gasteiger partial charge on any atom is -0.322 e. The number of rotatable bonds is 6. The topological polar surface area (TPSA) is 69.7 Å². The first-order valence-electron chi connectivity index (χ1n) is 11.2. The molecule has 4 rings (SSSR count). The smallest absolute Gasteiger partial charge is 0.255 e. The summed E-state index contributed by atoms with van der Waals surface area (Å²) < 4.78 is 28.4. The Balaban J connectivity index is 1.31. The number of piperazine rings is 1. The van der Waals surface area contributed by atoms with E-state index in [-0.39, 0.29) is 5.91 Å². The highest BCUT2D eigenvalue weighted by Gasteiger charge is 2.28. The number of benzene rings is 3. The minimum absolute atomic E-state index is 0.150. The maximum atomic E-state index is 12.9. The Bertz CT molecular complexity index is 1270. The number of carbonyl (C=O) groups excluding carboxylic acids is 1. The van der Waals surface area contributed by atoms with Gasteiger partial charge in [-0.1, -0.05) is 45.8 Å². The van der Waals surface area contributed by atoms with Gasteiger partial charge in [0.2, 0.25) is 10.0 Å². The molecule has 6 nitrogen and oxygen atoms in total. The van der Waals surface area contributed by atoms with Gasteiger partial charge in [0, 0.05) is 48.4 Å². The van der Waals surface area contributed by atoms with Crippen LogP contribution < -0.4 is 5.32 Å². The van der Waals surface area contributed by atoms with E-state index in [1.165, 1.54) is 0 Å².